The van der Waals surface area contributed by atoms with Crippen LogP contribution < -0.4 is 5.32 Å². The van der Waals surface area contributed by atoms with E-state index in [1.165, 1.54) is 12.4 Å². The Morgan fingerprint density at radius 1 is 1.12 bits per heavy atom. The molecule has 0 saturated carbocycles. The van der Waals surface area contributed by atoms with Crippen LogP contribution in [-0.4, -0.2) is 33.6 Å². The van der Waals surface area contributed by atoms with Gasteiger partial charge in [0.1, 0.15) is 5.69 Å². The van der Waals surface area contributed by atoms with Crippen LogP contribution in [0.1, 0.15) is 21.7 Å². The molecule has 3 aromatic rings. The Hall–Kier alpha value is -3.55. The van der Waals surface area contributed by atoms with Crippen molar-refractivity contribution in [2.24, 2.45) is 0 Å². The first-order chi connectivity index (χ1) is 12.5. The molecule has 2 heterocycles. The minimum atomic E-state index is -0.731. The van der Waals surface area contributed by atoms with Gasteiger partial charge in [-0.05, 0) is 13.8 Å². The predicted molar refractivity (Wildman–Crippen MR) is 92.4 cm³/mol. The second-order valence-electron chi connectivity index (χ2n) is 5.61. The minimum Gasteiger partial charge on any atom is -0.451 e. The number of esters is 1. The lowest BCUT2D eigenvalue weighted by molar-refractivity contribution is -0.119. The summed E-state index contributed by atoms with van der Waals surface area (Å²) in [5.74, 6) is -1.12. The number of carbonyl (C=O) groups is 2. The van der Waals surface area contributed by atoms with Gasteiger partial charge in [0.15, 0.2) is 12.3 Å². The van der Waals surface area contributed by atoms with E-state index in [0.29, 0.717) is 11.4 Å². The van der Waals surface area contributed by atoms with Crippen molar-refractivity contribution in [3.63, 3.8) is 0 Å². The summed E-state index contributed by atoms with van der Waals surface area (Å²) in [7, 11) is 0. The van der Waals surface area contributed by atoms with Crippen molar-refractivity contribution < 1.29 is 18.8 Å². The molecular weight excluding hydrogens is 336 g/mol. The lowest BCUT2D eigenvalue weighted by atomic mass is 10.1. The van der Waals surface area contributed by atoms with Gasteiger partial charge in [0.25, 0.3) is 5.91 Å². The van der Waals surface area contributed by atoms with E-state index in [9.17, 15) is 9.59 Å². The van der Waals surface area contributed by atoms with E-state index in [4.69, 9.17) is 9.26 Å². The number of hydrogen-bond acceptors (Lipinski definition) is 7. The fourth-order valence-electron chi connectivity index (χ4n) is 2.07. The van der Waals surface area contributed by atoms with Crippen molar-refractivity contribution in [3.8, 4) is 11.3 Å². The number of aryl methyl sites for hydroxylation is 2. The Balaban J connectivity index is 1.54. The molecule has 0 spiro atoms. The monoisotopic (exact) mass is 352 g/mol. The Morgan fingerprint density at radius 3 is 2.58 bits per heavy atom. The van der Waals surface area contributed by atoms with E-state index in [1.54, 1.807) is 13.0 Å². The molecule has 0 atom stereocenters. The van der Waals surface area contributed by atoms with Gasteiger partial charge in [-0.3, -0.25) is 15.1 Å². The smallest absolute Gasteiger partial charge is 0.359 e. The largest absolute Gasteiger partial charge is 0.451 e. The van der Waals surface area contributed by atoms with Crippen molar-refractivity contribution in [1.29, 1.82) is 0 Å². The highest BCUT2D eigenvalue weighted by Crippen LogP contribution is 2.21. The number of nitrogens with zero attached hydrogens (tertiary/aromatic N) is 3. The van der Waals surface area contributed by atoms with E-state index in [-0.39, 0.29) is 11.6 Å². The van der Waals surface area contributed by atoms with Gasteiger partial charge in [-0.2, -0.15) is 0 Å². The molecule has 0 unspecified atom stereocenters. The zero-order valence-electron chi connectivity index (χ0n) is 14.2. The van der Waals surface area contributed by atoms with Crippen LogP contribution in [0.5, 0.6) is 0 Å². The Morgan fingerprint density at radius 2 is 1.88 bits per heavy atom. The number of amides is 1. The maximum atomic E-state index is 11.9. The molecule has 1 amide bonds. The second kappa shape index (κ2) is 7.56. The van der Waals surface area contributed by atoms with E-state index in [2.05, 4.69) is 20.4 Å². The summed E-state index contributed by atoms with van der Waals surface area (Å²) in [4.78, 5) is 31.5. The summed E-state index contributed by atoms with van der Waals surface area (Å²) in [6.45, 7) is 3.26. The van der Waals surface area contributed by atoms with Gasteiger partial charge in [0.2, 0.25) is 5.88 Å². The van der Waals surface area contributed by atoms with Gasteiger partial charge in [-0.1, -0.05) is 35.0 Å². The van der Waals surface area contributed by atoms with Crippen LogP contribution >= 0.6 is 0 Å². The number of nitrogens with one attached hydrogen (secondary N) is 1. The molecule has 1 N–H and O–H groups in total. The molecule has 3 rings (SSSR count). The average molecular weight is 352 g/mol. The fourth-order valence-corrected chi connectivity index (χ4v) is 2.07. The summed E-state index contributed by atoms with van der Waals surface area (Å²) in [6, 6.07) is 9.31. The van der Waals surface area contributed by atoms with Gasteiger partial charge in [-0.25, -0.2) is 9.78 Å². The van der Waals surface area contributed by atoms with Crippen LogP contribution in [-0.2, 0) is 9.53 Å². The van der Waals surface area contributed by atoms with Crippen molar-refractivity contribution >= 4 is 17.8 Å². The van der Waals surface area contributed by atoms with E-state index < -0.39 is 18.5 Å². The number of benzene rings is 1. The van der Waals surface area contributed by atoms with Crippen molar-refractivity contribution in [1.82, 2.24) is 15.1 Å². The summed E-state index contributed by atoms with van der Waals surface area (Å²) >= 11 is 0. The lowest BCUT2D eigenvalue weighted by Gasteiger charge is -2.03. The number of rotatable bonds is 5. The van der Waals surface area contributed by atoms with Crippen LogP contribution in [0.2, 0.25) is 0 Å². The molecule has 8 heteroatoms. The van der Waals surface area contributed by atoms with E-state index >= 15 is 0 Å². The molecule has 0 aliphatic heterocycles. The summed E-state index contributed by atoms with van der Waals surface area (Å²) in [5, 5.41) is 6.38. The third kappa shape index (κ3) is 4.29. The van der Waals surface area contributed by atoms with Crippen LogP contribution in [0, 0.1) is 13.8 Å². The van der Waals surface area contributed by atoms with Crippen molar-refractivity contribution in [3.05, 3.63) is 59.7 Å². The van der Waals surface area contributed by atoms with Crippen LogP contribution in [0.25, 0.3) is 11.3 Å². The molecule has 2 aromatic heterocycles. The first kappa shape index (κ1) is 17.3. The molecular formula is C18H16N4O4. The molecule has 0 bridgehead atoms. The van der Waals surface area contributed by atoms with Crippen molar-refractivity contribution in [2.75, 3.05) is 11.9 Å². The highest BCUT2D eigenvalue weighted by Gasteiger charge is 2.14. The first-order valence-electron chi connectivity index (χ1n) is 7.80. The van der Waals surface area contributed by atoms with Gasteiger partial charge in [0, 0.05) is 17.8 Å². The summed E-state index contributed by atoms with van der Waals surface area (Å²) in [6.07, 6.45) is 2.73. The van der Waals surface area contributed by atoms with Gasteiger partial charge >= 0.3 is 5.97 Å². The standard InChI is InChI=1S/C18H16N4O4/c1-11-3-5-13(6-4-11)14-7-17(26-22-14)21-16(23)10-25-18(24)15-9-19-12(2)8-20-15/h3-9H,10H2,1-2H3,(H,21,23). The lowest BCUT2D eigenvalue weighted by Crippen LogP contribution is -2.21. The molecule has 26 heavy (non-hydrogen) atoms. The van der Waals surface area contributed by atoms with E-state index in [0.717, 1.165) is 11.1 Å². The van der Waals surface area contributed by atoms with Crippen molar-refractivity contribution in [2.45, 2.75) is 13.8 Å². The molecule has 0 saturated heterocycles. The van der Waals surface area contributed by atoms with Crippen LogP contribution in [0.3, 0.4) is 0 Å². The highest BCUT2D eigenvalue weighted by molar-refractivity contribution is 5.94. The molecule has 8 nitrogen and oxygen atoms in total. The third-order valence-corrected chi connectivity index (χ3v) is 3.44. The number of aromatic nitrogens is 3. The number of carbonyl (C=O) groups excluding carboxylic acids is 2. The summed E-state index contributed by atoms with van der Waals surface area (Å²) in [5.41, 5.74) is 3.29. The molecule has 132 valence electrons. The molecule has 0 aliphatic carbocycles. The fraction of sp³-hybridized carbons (Fsp3) is 0.167. The molecule has 0 fully saturated rings. The first-order valence-corrected chi connectivity index (χ1v) is 7.80. The number of anilines is 1. The van der Waals surface area contributed by atoms with Crippen LogP contribution in [0.15, 0.2) is 47.2 Å². The SMILES string of the molecule is Cc1ccc(-c2cc(NC(=O)COC(=O)c3cnc(C)cn3)on2)cc1. The number of hydrogen-bond donors (Lipinski definition) is 1. The normalized spacial score (nSPS) is 10.4. The molecule has 1 aromatic carbocycles. The average Bonchev–Trinajstić information content (AvgIpc) is 3.09. The molecule has 0 aliphatic rings. The zero-order chi connectivity index (χ0) is 18.5. The van der Waals surface area contributed by atoms with Gasteiger partial charge in [0.05, 0.1) is 11.9 Å². The van der Waals surface area contributed by atoms with Gasteiger partial charge < -0.3 is 9.26 Å². The molecule has 0 radical (unpaired) electrons. The van der Waals surface area contributed by atoms with E-state index in [1.807, 2.05) is 31.2 Å². The number of ether oxygens (including phenoxy) is 1. The highest BCUT2D eigenvalue weighted by atomic mass is 16.5. The Bertz CT molecular complexity index is 917. The quantitative estimate of drug-likeness (QED) is 0.703. The Kier molecular flexibility index (Phi) is 5.02. The second-order valence-corrected chi connectivity index (χ2v) is 5.61. The Labute approximate surface area is 149 Å². The summed E-state index contributed by atoms with van der Waals surface area (Å²) < 4.78 is 9.97. The van der Waals surface area contributed by atoms with Gasteiger partial charge in [-0.15, -0.1) is 0 Å². The minimum absolute atomic E-state index is 0.0322. The third-order valence-electron chi connectivity index (χ3n) is 3.44. The predicted octanol–water partition coefficient (Wildman–Crippen LogP) is 2.54. The maximum absolute atomic E-state index is 11.9. The zero-order valence-corrected chi connectivity index (χ0v) is 14.2. The topological polar surface area (TPSA) is 107 Å². The maximum Gasteiger partial charge on any atom is 0.359 e. The van der Waals surface area contributed by atoms with Crippen LogP contribution in [0.4, 0.5) is 5.88 Å².